The second-order valence-electron chi connectivity index (χ2n) is 2.92. The molecule has 0 saturated carbocycles. The second-order valence-corrected chi connectivity index (χ2v) is 2.92. The van der Waals surface area contributed by atoms with E-state index in [0.717, 1.165) is 12.1 Å². The van der Waals surface area contributed by atoms with Crippen LogP contribution in [0.15, 0.2) is 30.5 Å². The van der Waals surface area contributed by atoms with Crippen molar-refractivity contribution in [3.05, 3.63) is 36.0 Å². The smallest absolute Gasteiger partial charge is 0.0572 e. The molecule has 68 valence electrons. The van der Waals surface area contributed by atoms with Crippen molar-refractivity contribution in [2.45, 2.75) is 6.54 Å². The van der Waals surface area contributed by atoms with E-state index in [0.29, 0.717) is 0 Å². The van der Waals surface area contributed by atoms with Crippen molar-refractivity contribution in [1.29, 1.82) is 0 Å². The molecule has 0 saturated heterocycles. The van der Waals surface area contributed by atoms with Crippen LogP contribution in [0.3, 0.4) is 0 Å². The van der Waals surface area contributed by atoms with Crippen molar-refractivity contribution >= 4 is 10.9 Å². The summed E-state index contributed by atoms with van der Waals surface area (Å²) in [5, 5.41) is 1.24. The lowest BCUT2D eigenvalue weighted by atomic mass is 10.2. The second kappa shape index (κ2) is 3.60. The minimum absolute atomic E-state index is 0.728. The Kier molecular flexibility index (Phi) is 2.29. The van der Waals surface area contributed by atoms with E-state index in [4.69, 9.17) is 4.84 Å². The summed E-state index contributed by atoms with van der Waals surface area (Å²) in [6, 6.07) is 8.35. The lowest BCUT2D eigenvalue weighted by molar-refractivity contribution is 0.0867. The molecule has 1 aromatic heterocycles. The summed E-state index contributed by atoms with van der Waals surface area (Å²) in [5.74, 6) is 0. The normalized spacial score (nSPS) is 10.8. The molecule has 1 heterocycles. The average Bonchev–Trinajstić information content (AvgIpc) is 2.61. The van der Waals surface area contributed by atoms with E-state index in [1.54, 1.807) is 7.11 Å². The zero-order valence-electron chi connectivity index (χ0n) is 7.50. The molecule has 3 nitrogen and oxygen atoms in total. The van der Waals surface area contributed by atoms with Crippen LogP contribution >= 0.6 is 0 Å². The highest BCUT2D eigenvalue weighted by atomic mass is 16.6. The Labute approximate surface area is 76.7 Å². The number of benzene rings is 1. The molecule has 0 radical (unpaired) electrons. The van der Waals surface area contributed by atoms with Gasteiger partial charge in [0.1, 0.15) is 0 Å². The van der Waals surface area contributed by atoms with E-state index < -0.39 is 0 Å². The van der Waals surface area contributed by atoms with E-state index >= 15 is 0 Å². The first-order valence-electron chi connectivity index (χ1n) is 4.22. The molecule has 0 amide bonds. The quantitative estimate of drug-likeness (QED) is 0.700. The zero-order valence-corrected chi connectivity index (χ0v) is 7.50. The van der Waals surface area contributed by atoms with Crippen LogP contribution in [-0.2, 0) is 11.4 Å². The van der Waals surface area contributed by atoms with Crippen LogP contribution in [0.1, 0.15) is 5.56 Å². The van der Waals surface area contributed by atoms with E-state index in [9.17, 15) is 0 Å². The van der Waals surface area contributed by atoms with Crippen molar-refractivity contribution in [1.82, 2.24) is 10.5 Å². The number of fused-ring (bicyclic) bond motifs is 1. The number of hydrogen-bond acceptors (Lipinski definition) is 2. The molecule has 0 aliphatic carbocycles. The van der Waals surface area contributed by atoms with Gasteiger partial charge >= 0.3 is 0 Å². The summed E-state index contributed by atoms with van der Waals surface area (Å²) in [4.78, 5) is 7.95. The SMILES string of the molecule is CONCc1ccc2cc[nH]c2c1. The maximum atomic E-state index is 4.78. The van der Waals surface area contributed by atoms with Gasteiger partial charge in [-0.3, -0.25) is 0 Å². The van der Waals surface area contributed by atoms with Crippen molar-refractivity contribution in [2.75, 3.05) is 7.11 Å². The van der Waals surface area contributed by atoms with Crippen molar-refractivity contribution in [3.63, 3.8) is 0 Å². The van der Waals surface area contributed by atoms with E-state index in [1.807, 2.05) is 6.20 Å². The molecule has 13 heavy (non-hydrogen) atoms. The lowest BCUT2D eigenvalue weighted by Gasteiger charge is -2.01. The van der Waals surface area contributed by atoms with Gasteiger partial charge in [-0.2, -0.15) is 5.48 Å². The predicted molar refractivity (Wildman–Crippen MR) is 52.1 cm³/mol. The molecule has 0 aliphatic rings. The van der Waals surface area contributed by atoms with Gasteiger partial charge in [-0.1, -0.05) is 12.1 Å². The fourth-order valence-corrected chi connectivity index (χ4v) is 1.36. The number of rotatable bonds is 3. The van der Waals surface area contributed by atoms with Crippen LogP contribution in [0.4, 0.5) is 0 Å². The highest BCUT2D eigenvalue weighted by Crippen LogP contribution is 2.13. The number of aromatic amines is 1. The maximum Gasteiger partial charge on any atom is 0.0572 e. The Hall–Kier alpha value is -1.32. The van der Waals surface area contributed by atoms with Gasteiger partial charge in [0.25, 0.3) is 0 Å². The summed E-state index contributed by atoms with van der Waals surface area (Å²) >= 11 is 0. The van der Waals surface area contributed by atoms with E-state index in [2.05, 4.69) is 34.7 Å². The number of aromatic nitrogens is 1. The maximum absolute atomic E-state index is 4.78. The summed E-state index contributed by atoms with van der Waals surface area (Å²) in [5.41, 5.74) is 5.18. The molecule has 2 rings (SSSR count). The van der Waals surface area contributed by atoms with Crippen LogP contribution in [0.25, 0.3) is 10.9 Å². The Morgan fingerprint density at radius 1 is 1.38 bits per heavy atom. The van der Waals surface area contributed by atoms with Crippen LogP contribution in [0, 0.1) is 0 Å². The van der Waals surface area contributed by atoms with Gasteiger partial charge in [0.05, 0.1) is 7.11 Å². The van der Waals surface area contributed by atoms with Crippen molar-refractivity contribution < 1.29 is 4.84 Å². The predicted octanol–water partition coefficient (Wildman–Crippen LogP) is 1.82. The Morgan fingerprint density at radius 3 is 3.15 bits per heavy atom. The molecule has 1 aromatic carbocycles. The fourth-order valence-electron chi connectivity index (χ4n) is 1.36. The van der Waals surface area contributed by atoms with Gasteiger partial charge < -0.3 is 9.82 Å². The standard InChI is InChI=1S/C10H12N2O/c1-13-12-7-8-2-3-9-4-5-11-10(9)6-8/h2-6,11-12H,7H2,1H3. The first-order valence-corrected chi connectivity index (χ1v) is 4.22. The minimum Gasteiger partial charge on any atom is -0.361 e. The summed E-state index contributed by atoms with van der Waals surface area (Å²) in [6.45, 7) is 0.728. The van der Waals surface area contributed by atoms with Crippen molar-refractivity contribution in [2.24, 2.45) is 0 Å². The first-order chi connectivity index (χ1) is 6.40. The van der Waals surface area contributed by atoms with Crippen LogP contribution in [0.2, 0.25) is 0 Å². The monoisotopic (exact) mass is 176 g/mol. The third-order valence-electron chi connectivity index (χ3n) is 2.04. The van der Waals surface area contributed by atoms with Crippen LogP contribution < -0.4 is 5.48 Å². The number of nitrogens with one attached hydrogen (secondary N) is 2. The molecule has 0 bridgehead atoms. The molecule has 2 aromatic rings. The highest BCUT2D eigenvalue weighted by molar-refractivity contribution is 5.79. The largest absolute Gasteiger partial charge is 0.361 e. The molecule has 3 heteroatoms. The average molecular weight is 176 g/mol. The van der Waals surface area contributed by atoms with Gasteiger partial charge in [-0.15, -0.1) is 0 Å². The Morgan fingerprint density at radius 2 is 2.31 bits per heavy atom. The summed E-state index contributed by atoms with van der Waals surface area (Å²) in [6.07, 6.45) is 1.94. The molecule has 0 spiro atoms. The van der Waals surface area contributed by atoms with E-state index in [1.165, 1.54) is 10.9 Å². The van der Waals surface area contributed by atoms with Gasteiger partial charge in [0.15, 0.2) is 0 Å². The Bertz CT molecular complexity index is 394. The summed E-state index contributed by atoms with van der Waals surface area (Å²) < 4.78 is 0. The molecule has 2 N–H and O–H groups in total. The van der Waals surface area contributed by atoms with Gasteiger partial charge in [-0.25, -0.2) is 0 Å². The molecular formula is C10H12N2O. The highest BCUT2D eigenvalue weighted by Gasteiger charge is 1.96. The third kappa shape index (κ3) is 1.71. The lowest BCUT2D eigenvalue weighted by Crippen LogP contribution is -2.10. The van der Waals surface area contributed by atoms with Gasteiger partial charge in [0, 0.05) is 18.3 Å². The van der Waals surface area contributed by atoms with Gasteiger partial charge in [-0.05, 0) is 23.1 Å². The fraction of sp³-hybridized carbons (Fsp3) is 0.200. The first kappa shape index (κ1) is 8.29. The van der Waals surface area contributed by atoms with Crippen LogP contribution in [0.5, 0.6) is 0 Å². The van der Waals surface area contributed by atoms with Crippen molar-refractivity contribution in [3.8, 4) is 0 Å². The topological polar surface area (TPSA) is 37.0 Å². The Balaban J connectivity index is 2.26. The number of hydroxylamine groups is 1. The zero-order chi connectivity index (χ0) is 9.10. The molecule has 0 fully saturated rings. The minimum atomic E-state index is 0.728. The summed E-state index contributed by atoms with van der Waals surface area (Å²) in [7, 11) is 1.62. The molecule has 0 atom stereocenters. The molecule has 0 aliphatic heterocycles. The molecular weight excluding hydrogens is 164 g/mol. The molecule has 0 unspecified atom stereocenters. The number of hydrogen-bond donors (Lipinski definition) is 2. The number of H-pyrrole nitrogens is 1. The van der Waals surface area contributed by atoms with Crippen LogP contribution in [-0.4, -0.2) is 12.1 Å². The van der Waals surface area contributed by atoms with Gasteiger partial charge in [0.2, 0.25) is 0 Å². The third-order valence-corrected chi connectivity index (χ3v) is 2.04. The van der Waals surface area contributed by atoms with E-state index in [-0.39, 0.29) is 0 Å².